The molecule has 106 valence electrons. The van der Waals surface area contributed by atoms with Gasteiger partial charge >= 0.3 is 0 Å². The Labute approximate surface area is 128 Å². The van der Waals surface area contributed by atoms with Gasteiger partial charge in [0.2, 0.25) is 0 Å². The fraction of sp³-hybridized carbons (Fsp3) is 0.294. The molecule has 0 saturated heterocycles. The van der Waals surface area contributed by atoms with E-state index in [0.717, 1.165) is 41.6 Å². The third-order valence-corrected chi connectivity index (χ3v) is 4.41. The predicted molar refractivity (Wildman–Crippen MR) is 83.6 cm³/mol. The van der Waals surface area contributed by atoms with E-state index in [1.165, 1.54) is 0 Å². The van der Waals surface area contributed by atoms with Crippen LogP contribution in [0.1, 0.15) is 42.5 Å². The molecule has 2 aromatic rings. The van der Waals surface area contributed by atoms with Crippen LogP contribution in [0.25, 0.3) is 11.1 Å². The third-order valence-electron chi connectivity index (χ3n) is 4.15. The Morgan fingerprint density at radius 3 is 2.71 bits per heavy atom. The minimum absolute atomic E-state index is 0.199. The minimum atomic E-state index is -0.296. The number of aromatic nitrogens is 1. The van der Waals surface area contributed by atoms with E-state index in [4.69, 9.17) is 11.6 Å². The van der Waals surface area contributed by atoms with Gasteiger partial charge in [0.15, 0.2) is 0 Å². The van der Waals surface area contributed by atoms with E-state index in [1.807, 2.05) is 12.1 Å². The van der Waals surface area contributed by atoms with E-state index in [1.54, 1.807) is 12.1 Å². The van der Waals surface area contributed by atoms with Gasteiger partial charge in [-0.15, -0.1) is 0 Å². The largest absolute Gasteiger partial charge is 0.324 e. The van der Waals surface area contributed by atoms with Gasteiger partial charge in [-0.3, -0.25) is 4.79 Å². The van der Waals surface area contributed by atoms with Crippen LogP contribution in [-0.4, -0.2) is 4.98 Å². The Morgan fingerprint density at radius 1 is 1.33 bits per heavy atom. The van der Waals surface area contributed by atoms with Crippen molar-refractivity contribution in [3.05, 3.63) is 56.5 Å². The zero-order chi connectivity index (χ0) is 15.0. The van der Waals surface area contributed by atoms with E-state index >= 15 is 0 Å². The highest BCUT2D eigenvalue weighted by atomic mass is 35.5. The van der Waals surface area contributed by atoms with Crippen molar-refractivity contribution < 1.29 is 0 Å². The standard InChI is InChI=1S/C17H15ClN2O/c1-10-3-2-4-13-15(11-5-7-12(18)8-6-11)14(9-19)17(21)20-16(10)13/h5-8,10H,2-4H2,1H3,(H,20,21)/t10-/m0/s1. The molecule has 0 bridgehead atoms. The van der Waals surface area contributed by atoms with Crippen molar-refractivity contribution in [3.8, 4) is 17.2 Å². The van der Waals surface area contributed by atoms with Gasteiger partial charge in [-0.1, -0.05) is 30.7 Å². The number of aromatic amines is 1. The summed E-state index contributed by atoms with van der Waals surface area (Å²) >= 11 is 5.94. The highest BCUT2D eigenvalue weighted by Crippen LogP contribution is 2.36. The Hall–Kier alpha value is -2.05. The molecular formula is C17H15ClN2O. The summed E-state index contributed by atoms with van der Waals surface area (Å²) in [6.07, 6.45) is 3.03. The van der Waals surface area contributed by atoms with Crippen molar-refractivity contribution >= 4 is 11.6 Å². The second-order valence-corrected chi connectivity index (χ2v) is 5.94. The van der Waals surface area contributed by atoms with Gasteiger partial charge in [-0.2, -0.15) is 5.26 Å². The Balaban J connectivity index is 2.34. The fourth-order valence-electron chi connectivity index (χ4n) is 3.11. The van der Waals surface area contributed by atoms with Crippen LogP contribution in [0.2, 0.25) is 5.02 Å². The first-order chi connectivity index (χ1) is 10.1. The summed E-state index contributed by atoms with van der Waals surface area (Å²) in [6.45, 7) is 2.12. The number of rotatable bonds is 1. The smallest absolute Gasteiger partial charge is 0.266 e. The lowest BCUT2D eigenvalue weighted by atomic mass is 9.82. The molecule has 1 aliphatic carbocycles. The summed E-state index contributed by atoms with van der Waals surface area (Å²) in [5.74, 6) is 0.320. The maximum atomic E-state index is 12.2. The molecule has 0 saturated carbocycles. The molecule has 0 radical (unpaired) electrons. The summed E-state index contributed by atoms with van der Waals surface area (Å²) in [6, 6.07) is 9.39. The van der Waals surface area contributed by atoms with Crippen LogP contribution in [0.4, 0.5) is 0 Å². The van der Waals surface area contributed by atoms with Gasteiger partial charge in [0, 0.05) is 16.3 Å². The number of halogens is 1. The molecule has 3 nitrogen and oxygen atoms in total. The van der Waals surface area contributed by atoms with Crippen molar-refractivity contribution in [2.45, 2.75) is 32.1 Å². The molecule has 0 amide bonds. The number of fused-ring (bicyclic) bond motifs is 1. The van der Waals surface area contributed by atoms with Crippen molar-refractivity contribution in [3.63, 3.8) is 0 Å². The highest BCUT2D eigenvalue weighted by Gasteiger charge is 2.24. The first-order valence-electron chi connectivity index (χ1n) is 7.07. The van der Waals surface area contributed by atoms with Crippen LogP contribution >= 0.6 is 11.6 Å². The van der Waals surface area contributed by atoms with Crippen LogP contribution in [0.5, 0.6) is 0 Å². The van der Waals surface area contributed by atoms with Crippen molar-refractivity contribution in [1.82, 2.24) is 4.98 Å². The molecule has 21 heavy (non-hydrogen) atoms. The molecule has 0 spiro atoms. The Kier molecular flexibility index (Phi) is 3.57. The molecule has 4 heteroatoms. The van der Waals surface area contributed by atoms with Crippen LogP contribution in [0, 0.1) is 11.3 Å². The first-order valence-corrected chi connectivity index (χ1v) is 7.44. The molecule has 1 aliphatic rings. The summed E-state index contributed by atoms with van der Waals surface area (Å²) in [5, 5.41) is 10.0. The van der Waals surface area contributed by atoms with Crippen molar-refractivity contribution in [2.24, 2.45) is 0 Å². The summed E-state index contributed by atoms with van der Waals surface area (Å²) in [4.78, 5) is 15.1. The zero-order valence-electron chi connectivity index (χ0n) is 11.7. The molecule has 1 aromatic carbocycles. The average Bonchev–Trinajstić information content (AvgIpc) is 2.48. The minimum Gasteiger partial charge on any atom is -0.324 e. The van der Waals surface area contributed by atoms with Crippen LogP contribution < -0.4 is 5.56 Å². The highest BCUT2D eigenvalue weighted by molar-refractivity contribution is 6.30. The predicted octanol–water partition coefficient (Wildman–Crippen LogP) is 4.01. The van der Waals surface area contributed by atoms with E-state index in [9.17, 15) is 10.1 Å². The van der Waals surface area contributed by atoms with E-state index in [-0.39, 0.29) is 11.1 Å². The number of H-pyrrole nitrogens is 1. The van der Waals surface area contributed by atoms with Crippen LogP contribution in [-0.2, 0) is 6.42 Å². The normalized spacial score (nSPS) is 17.1. The molecule has 1 N–H and O–H groups in total. The number of pyridine rings is 1. The molecule has 0 aliphatic heterocycles. The summed E-state index contributed by atoms with van der Waals surface area (Å²) in [7, 11) is 0. The zero-order valence-corrected chi connectivity index (χ0v) is 12.5. The lowest BCUT2D eigenvalue weighted by Gasteiger charge is -2.25. The molecule has 1 aromatic heterocycles. The van der Waals surface area contributed by atoms with Gasteiger partial charge in [0.1, 0.15) is 11.6 Å². The van der Waals surface area contributed by atoms with E-state index < -0.39 is 0 Å². The quantitative estimate of drug-likeness (QED) is 0.865. The number of hydrogen-bond donors (Lipinski definition) is 1. The molecule has 3 rings (SSSR count). The average molecular weight is 299 g/mol. The number of nitriles is 1. The van der Waals surface area contributed by atoms with Gasteiger partial charge in [-0.25, -0.2) is 0 Å². The fourth-order valence-corrected chi connectivity index (χ4v) is 3.24. The maximum Gasteiger partial charge on any atom is 0.266 e. The third kappa shape index (κ3) is 2.36. The van der Waals surface area contributed by atoms with E-state index in [2.05, 4.69) is 18.0 Å². The lowest BCUT2D eigenvalue weighted by Crippen LogP contribution is -2.21. The van der Waals surface area contributed by atoms with Crippen molar-refractivity contribution in [1.29, 1.82) is 5.26 Å². The molecule has 1 atom stereocenters. The number of hydrogen-bond acceptors (Lipinski definition) is 2. The molecule has 1 heterocycles. The molecule has 0 unspecified atom stereocenters. The van der Waals surface area contributed by atoms with E-state index in [0.29, 0.717) is 10.9 Å². The number of nitrogens with zero attached hydrogens (tertiary/aromatic N) is 1. The summed E-state index contributed by atoms with van der Waals surface area (Å²) < 4.78 is 0. The second kappa shape index (κ2) is 5.38. The number of benzene rings is 1. The van der Waals surface area contributed by atoms with Crippen LogP contribution in [0.15, 0.2) is 29.1 Å². The summed E-state index contributed by atoms with van der Waals surface area (Å²) in [5.41, 5.74) is 3.65. The first kappa shape index (κ1) is 13.9. The lowest BCUT2D eigenvalue weighted by molar-refractivity contribution is 0.572. The van der Waals surface area contributed by atoms with Gasteiger partial charge in [0.25, 0.3) is 5.56 Å². The Bertz CT molecular complexity index is 784. The molecular weight excluding hydrogens is 284 g/mol. The van der Waals surface area contributed by atoms with Crippen molar-refractivity contribution in [2.75, 3.05) is 0 Å². The van der Waals surface area contributed by atoms with Crippen LogP contribution in [0.3, 0.4) is 0 Å². The maximum absolute atomic E-state index is 12.2. The molecule has 0 fully saturated rings. The van der Waals surface area contributed by atoms with Gasteiger partial charge in [-0.05, 0) is 48.4 Å². The monoisotopic (exact) mass is 298 g/mol. The SMILES string of the molecule is C[C@H]1CCCc2c1[nH]c(=O)c(C#N)c2-c1ccc(Cl)cc1. The van der Waals surface area contributed by atoms with Gasteiger partial charge in [0.05, 0.1) is 0 Å². The van der Waals surface area contributed by atoms with Gasteiger partial charge < -0.3 is 4.98 Å². The Morgan fingerprint density at radius 2 is 2.05 bits per heavy atom. The number of nitrogens with one attached hydrogen (secondary N) is 1. The second-order valence-electron chi connectivity index (χ2n) is 5.51. The topological polar surface area (TPSA) is 56.6 Å².